The molecule has 0 spiro atoms. The molecule has 1 fully saturated rings. The molecule has 0 aliphatic carbocycles. The molecule has 2 N–H and O–H groups in total. The van der Waals surface area contributed by atoms with Crippen molar-refractivity contribution in [2.24, 2.45) is 0 Å². The van der Waals surface area contributed by atoms with Crippen LogP contribution in [0.1, 0.15) is 48.0 Å². The van der Waals surface area contributed by atoms with Crippen molar-refractivity contribution >= 4 is 16.8 Å². The molecule has 1 aliphatic rings. The van der Waals surface area contributed by atoms with E-state index in [0.717, 1.165) is 10.9 Å². The molecular weight excluding hydrogens is 532 g/mol. The van der Waals surface area contributed by atoms with E-state index in [1.54, 1.807) is 25.3 Å². The number of methoxy groups -OCH3 is 1. The van der Waals surface area contributed by atoms with Crippen LogP contribution >= 0.6 is 0 Å². The van der Waals surface area contributed by atoms with Gasteiger partial charge in [0.05, 0.1) is 32.0 Å². The minimum atomic E-state index is -1.60. The van der Waals surface area contributed by atoms with E-state index in [1.165, 1.54) is 51.3 Å². The molecule has 4 aromatic rings. The number of pyridine rings is 2. The Kier molecular flexibility index (Phi) is 7.50. The number of fused-ring (bicyclic) bond motifs is 1. The van der Waals surface area contributed by atoms with E-state index in [1.807, 2.05) is 13.0 Å². The molecular formula is C31H31F2N3O5. The molecule has 8 nitrogen and oxygen atoms in total. The molecule has 1 amide bonds. The number of rotatable bonds is 7. The second-order valence-electron chi connectivity index (χ2n) is 10.7. The predicted molar refractivity (Wildman–Crippen MR) is 148 cm³/mol. The second-order valence-corrected chi connectivity index (χ2v) is 10.7. The number of halogens is 2. The average molecular weight is 564 g/mol. The molecule has 0 radical (unpaired) electrons. The van der Waals surface area contributed by atoms with E-state index in [2.05, 4.69) is 15.3 Å². The summed E-state index contributed by atoms with van der Waals surface area (Å²) in [6.07, 6.45) is 1.36. The van der Waals surface area contributed by atoms with Crippen LogP contribution in [-0.2, 0) is 20.9 Å². The minimum absolute atomic E-state index is 0.0542. The van der Waals surface area contributed by atoms with E-state index >= 15 is 4.39 Å². The molecule has 10 heteroatoms. The number of hydrogen-bond acceptors (Lipinski definition) is 7. The Morgan fingerprint density at radius 3 is 2.56 bits per heavy atom. The van der Waals surface area contributed by atoms with Gasteiger partial charge in [0.2, 0.25) is 5.79 Å². The first-order valence-corrected chi connectivity index (χ1v) is 13.1. The van der Waals surface area contributed by atoms with E-state index < -0.39 is 28.9 Å². The lowest BCUT2D eigenvalue weighted by Crippen LogP contribution is -2.43. The van der Waals surface area contributed by atoms with Gasteiger partial charge in [-0.2, -0.15) is 0 Å². The molecule has 2 atom stereocenters. The number of aliphatic hydroxyl groups is 1. The first kappa shape index (κ1) is 28.5. The maximum atomic E-state index is 15.7. The molecule has 3 heterocycles. The highest BCUT2D eigenvalue weighted by atomic mass is 19.1. The lowest BCUT2D eigenvalue weighted by molar-refractivity contribution is -0.173. The van der Waals surface area contributed by atoms with Crippen molar-refractivity contribution in [2.75, 3.05) is 20.3 Å². The largest absolute Gasteiger partial charge is 0.494 e. The van der Waals surface area contributed by atoms with Gasteiger partial charge in [0.25, 0.3) is 5.91 Å². The lowest BCUT2D eigenvalue weighted by Gasteiger charge is -2.30. The highest BCUT2D eigenvalue weighted by Crippen LogP contribution is 2.38. The number of amides is 1. The van der Waals surface area contributed by atoms with Crippen LogP contribution < -0.4 is 10.1 Å². The van der Waals surface area contributed by atoms with Gasteiger partial charge in [0.15, 0.2) is 5.82 Å². The summed E-state index contributed by atoms with van der Waals surface area (Å²) in [7, 11) is 1.51. The highest BCUT2D eigenvalue weighted by Gasteiger charge is 2.45. The average Bonchev–Trinajstić information content (AvgIpc) is 3.32. The van der Waals surface area contributed by atoms with Crippen molar-refractivity contribution in [3.05, 3.63) is 88.7 Å². The predicted octanol–water partition coefficient (Wildman–Crippen LogP) is 5.14. The van der Waals surface area contributed by atoms with Crippen molar-refractivity contribution in [1.29, 1.82) is 0 Å². The van der Waals surface area contributed by atoms with E-state index in [0.29, 0.717) is 22.4 Å². The molecule has 2 aromatic carbocycles. The number of ether oxygens (including phenoxy) is 3. The zero-order chi connectivity index (χ0) is 29.5. The van der Waals surface area contributed by atoms with Gasteiger partial charge in [-0.25, -0.2) is 13.8 Å². The van der Waals surface area contributed by atoms with Crippen molar-refractivity contribution < 1.29 is 32.9 Å². The first-order chi connectivity index (χ1) is 19.4. The van der Waals surface area contributed by atoms with Gasteiger partial charge in [0, 0.05) is 28.3 Å². The Bertz CT molecular complexity index is 1620. The van der Waals surface area contributed by atoms with Crippen LogP contribution in [0, 0.1) is 18.6 Å². The molecule has 1 saturated heterocycles. The van der Waals surface area contributed by atoms with E-state index in [9.17, 15) is 14.3 Å². The molecule has 41 heavy (non-hydrogen) atoms. The standard InChI is InChI=1S/C31H31F2N3O5/c1-17-10-20-11-21(12-24(39-5)27(20)34-14-17)29(37)35-16-31(40-15-18(2)41-31)25-13-23(30(3,4)38)26(33)28(36-25)19-6-8-22(32)9-7-19/h6-14,18,38H,15-16H2,1-5H3,(H,35,37)/t18-,31-/m0/s1. The van der Waals surface area contributed by atoms with Crippen molar-refractivity contribution in [1.82, 2.24) is 15.3 Å². The zero-order valence-electron chi connectivity index (χ0n) is 23.4. The molecule has 0 bridgehead atoms. The van der Waals surface area contributed by atoms with E-state index in [4.69, 9.17) is 14.2 Å². The van der Waals surface area contributed by atoms with Gasteiger partial charge in [-0.1, -0.05) is 0 Å². The van der Waals surface area contributed by atoms with Gasteiger partial charge in [-0.15, -0.1) is 0 Å². The quantitative estimate of drug-likeness (QED) is 0.321. The Labute approximate surface area is 236 Å². The van der Waals surface area contributed by atoms with Crippen LogP contribution in [0.4, 0.5) is 8.78 Å². The summed E-state index contributed by atoms with van der Waals surface area (Å²) in [5.41, 5.74) is 0.577. The third-order valence-electron chi connectivity index (χ3n) is 6.92. The number of carbonyl (C=O) groups excluding carboxylic acids is 1. The minimum Gasteiger partial charge on any atom is -0.494 e. The summed E-state index contributed by atoms with van der Waals surface area (Å²) < 4.78 is 47.0. The molecule has 1 aliphatic heterocycles. The fraction of sp³-hybridized carbons (Fsp3) is 0.323. The lowest BCUT2D eigenvalue weighted by atomic mass is 9.93. The first-order valence-electron chi connectivity index (χ1n) is 13.1. The number of nitrogens with zero attached hydrogens (tertiary/aromatic N) is 2. The third-order valence-corrected chi connectivity index (χ3v) is 6.92. The smallest absolute Gasteiger partial charge is 0.251 e. The Morgan fingerprint density at radius 1 is 1.20 bits per heavy atom. The van der Waals surface area contributed by atoms with Gasteiger partial charge < -0.3 is 24.6 Å². The molecule has 5 rings (SSSR count). The zero-order valence-corrected chi connectivity index (χ0v) is 23.4. The summed E-state index contributed by atoms with van der Waals surface area (Å²) in [4.78, 5) is 22.3. The van der Waals surface area contributed by atoms with Crippen LogP contribution in [0.15, 0.2) is 54.7 Å². The molecule has 0 unspecified atom stereocenters. The normalized spacial score (nSPS) is 19.0. The number of carbonyl (C=O) groups is 1. The summed E-state index contributed by atoms with van der Waals surface area (Å²) in [6, 6.07) is 11.8. The fourth-order valence-electron chi connectivity index (χ4n) is 4.84. The third kappa shape index (κ3) is 5.63. The monoisotopic (exact) mass is 563 g/mol. The van der Waals surface area contributed by atoms with Crippen molar-refractivity contribution in [3.63, 3.8) is 0 Å². The maximum absolute atomic E-state index is 15.7. The van der Waals surface area contributed by atoms with Crippen LogP contribution in [0.3, 0.4) is 0 Å². The second kappa shape index (κ2) is 10.8. The fourth-order valence-corrected chi connectivity index (χ4v) is 4.84. The van der Waals surface area contributed by atoms with Gasteiger partial charge in [0.1, 0.15) is 28.5 Å². The van der Waals surface area contributed by atoms with Crippen LogP contribution in [0.5, 0.6) is 5.75 Å². The van der Waals surface area contributed by atoms with E-state index in [-0.39, 0.29) is 36.2 Å². The summed E-state index contributed by atoms with van der Waals surface area (Å²) in [5, 5.41) is 14.4. The summed E-state index contributed by atoms with van der Waals surface area (Å²) in [6.45, 7) is 6.61. The number of aromatic nitrogens is 2. The topological polar surface area (TPSA) is 103 Å². The van der Waals surface area contributed by atoms with Gasteiger partial charge in [-0.3, -0.25) is 9.78 Å². The summed E-state index contributed by atoms with van der Waals surface area (Å²) in [5.74, 6) is -2.81. The molecule has 0 saturated carbocycles. The Balaban J connectivity index is 1.54. The summed E-state index contributed by atoms with van der Waals surface area (Å²) >= 11 is 0. The SMILES string of the molecule is COc1cc(C(=O)NC[C@]2(c3cc(C(C)(C)O)c(F)c(-c4ccc(F)cc4)n3)OC[C@H](C)O2)cc2cc(C)cnc12. The number of aryl methyl sites for hydroxylation is 1. The Morgan fingerprint density at radius 2 is 1.93 bits per heavy atom. The van der Waals surface area contributed by atoms with Crippen LogP contribution in [0.25, 0.3) is 22.2 Å². The number of nitrogens with one attached hydrogen (secondary N) is 1. The van der Waals surface area contributed by atoms with Gasteiger partial charge >= 0.3 is 0 Å². The van der Waals surface area contributed by atoms with Crippen LogP contribution in [0.2, 0.25) is 0 Å². The Hall–Kier alpha value is -3.99. The number of benzene rings is 2. The maximum Gasteiger partial charge on any atom is 0.251 e. The molecule has 214 valence electrons. The number of hydrogen-bond donors (Lipinski definition) is 2. The van der Waals surface area contributed by atoms with Crippen molar-refractivity contribution in [2.45, 2.75) is 45.2 Å². The molecule has 2 aromatic heterocycles. The van der Waals surface area contributed by atoms with Crippen molar-refractivity contribution in [3.8, 4) is 17.0 Å². The highest BCUT2D eigenvalue weighted by molar-refractivity contribution is 6.00. The van der Waals surface area contributed by atoms with Gasteiger partial charge in [-0.05, 0) is 81.8 Å². The van der Waals surface area contributed by atoms with Crippen LogP contribution in [-0.4, -0.2) is 47.3 Å².